The second-order valence-corrected chi connectivity index (χ2v) is 5.58. The number of halogens is 1. The summed E-state index contributed by atoms with van der Waals surface area (Å²) in [5.41, 5.74) is 2.34. The van der Waals surface area contributed by atoms with Gasteiger partial charge < -0.3 is 10.1 Å². The van der Waals surface area contributed by atoms with E-state index in [-0.39, 0.29) is 12.4 Å². The van der Waals surface area contributed by atoms with Gasteiger partial charge in [-0.05, 0) is 37.5 Å². The van der Waals surface area contributed by atoms with Crippen LogP contribution in [-0.2, 0) is 6.54 Å². The average Bonchev–Trinajstić information content (AvgIpc) is 3.18. The molecule has 1 aromatic carbocycles. The Hall–Kier alpha value is -1.68. The van der Waals surface area contributed by atoms with Crippen LogP contribution < -0.4 is 10.1 Å². The summed E-state index contributed by atoms with van der Waals surface area (Å²) in [6.07, 6.45) is 9.25. The summed E-state index contributed by atoms with van der Waals surface area (Å²) in [7, 11) is 0. The molecule has 1 aliphatic carbocycles. The van der Waals surface area contributed by atoms with Crippen LogP contribution in [-0.4, -0.2) is 16.4 Å². The van der Waals surface area contributed by atoms with Crippen molar-refractivity contribution in [1.82, 2.24) is 9.78 Å². The Balaban J connectivity index is 0.00000176. The van der Waals surface area contributed by atoms with Crippen molar-refractivity contribution >= 4 is 18.1 Å². The number of hydrogen-bond donors (Lipinski definition) is 1. The zero-order chi connectivity index (χ0) is 14.5. The lowest BCUT2D eigenvalue weighted by atomic mass is 10.2. The van der Waals surface area contributed by atoms with Gasteiger partial charge in [0.2, 0.25) is 0 Å². The predicted molar refractivity (Wildman–Crippen MR) is 91.9 cm³/mol. The highest BCUT2D eigenvalue weighted by Gasteiger charge is 2.17. The quantitative estimate of drug-likeness (QED) is 0.855. The minimum absolute atomic E-state index is 0. The van der Waals surface area contributed by atoms with Gasteiger partial charge >= 0.3 is 0 Å². The van der Waals surface area contributed by atoms with Crippen LogP contribution in [0.25, 0.3) is 0 Å². The second kappa shape index (κ2) is 8.08. The van der Waals surface area contributed by atoms with Crippen LogP contribution in [0.4, 0.5) is 5.69 Å². The molecule has 0 saturated heterocycles. The molecular formula is C17H24ClN3O. The zero-order valence-corrected chi connectivity index (χ0v) is 13.8. The van der Waals surface area contributed by atoms with E-state index in [0.29, 0.717) is 12.6 Å². The first-order chi connectivity index (χ1) is 10.3. The highest BCUT2D eigenvalue weighted by Crippen LogP contribution is 2.29. The molecule has 1 fully saturated rings. The van der Waals surface area contributed by atoms with Crippen LogP contribution >= 0.6 is 12.4 Å². The zero-order valence-electron chi connectivity index (χ0n) is 13.0. The topological polar surface area (TPSA) is 39.1 Å². The summed E-state index contributed by atoms with van der Waals surface area (Å²) in [5, 5.41) is 7.92. The van der Waals surface area contributed by atoms with Gasteiger partial charge in [0.05, 0.1) is 24.5 Å². The molecule has 1 N–H and O–H groups in total. The third-order valence-electron chi connectivity index (χ3n) is 4.03. The fourth-order valence-corrected chi connectivity index (χ4v) is 2.87. The SMILES string of the molecule is CCOc1ccc(CNc2cnn(C3CCCC3)c2)cc1.Cl. The number of hydrogen-bond acceptors (Lipinski definition) is 3. The largest absolute Gasteiger partial charge is 0.494 e. The monoisotopic (exact) mass is 321 g/mol. The summed E-state index contributed by atoms with van der Waals surface area (Å²) >= 11 is 0. The molecule has 1 heterocycles. The second-order valence-electron chi connectivity index (χ2n) is 5.58. The molecule has 3 rings (SSSR count). The predicted octanol–water partition coefficient (Wildman–Crippen LogP) is 4.43. The van der Waals surface area contributed by atoms with E-state index >= 15 is 0 Å². The molecule has 0 atom stereocenters. The molecule has 0 radical (unpaired) electrons. The summed E-state index contributed by atoms with van der Waals surface area (Å²) in [6.45, 7) is 3.51. The normalized spacial score (nSPS) is 14.6. The van der Waals surface area contributed by atoms with Gasteiger partial charge in [-0.1, -0.05) is 25.0 Å². The van der Waals surface area contributed by atoms with Crippen LogP contribution in [0.5, 0.6) is 5.75 Å². The van der Waals surface area contributed by atoms with E-state index < -0.39 is 0 Å². The Morgan fingerprint density at radius 2 is 1.95 bits per heavy atom. The molecule has 1 aliphatic rings. The molecule has 22 heavy (non-hydrogen) atoms. The standard InChI is InChI=1S/C17H23N3O.ClH/c1-2-21-17-9-7-14(8-10-17)11-18-15-12-19-20(13-15)16-5-3-4-6-16;/h7-10,12-13,16,18H,2-6,11H2,1H3;1H. The van der Waals surface area contributed by atoms with Crippen molar-refractivity contribution in [3.8, 4) is 5.75 Å². The van der Waals surface area contributed by atoms with Gasteiger partial charge in [0, 0.05) is 12.7 Å². The maximum absolute atomic E-state index is 5.45. The Labute approximate surface area is 138 Å². The lowest BCUT2D eigenvalue weighted by Gasteiger charge is -2.09. The van der Waals surface area contributed by atoms with E-state index in [1.807, 2.05) is 25.3 Å². The van der Waals surface area contributed by atoms with Crippen LogP contribution in [0.3, 0.4) is 0 Å². The molecule has 1 aromatic heterocycles. The number of nitrogens with one attached hydrogen (secondary N) is 1. The number of aromatic nitrogens is 2. The number of ether oxygens (including phenoxy) is 1. The number of rotatable bonds is 6. The maximum atomic E-state index is 5.45. The van der Waals surface area contributed by atoms with Gasteiger partial charge in [-0.25, -0.2) is 0 Å². The van der Waals surface area contributed by atoms with E-state index in [9.17, 15) is 0 Å². The minimum Gasteiger partial charge on any atom is -0.494 e. The highest BCUT2D eigenvalue weighted by atomic mass is 35.5. The summed E-state index contributed by atoms with van der Waals surface area (Å²) < 4.78 is 7.57. The van der Waals surface area contributed by atoms with Crippen molar-refractivity contribution in [1.29, 1.82) is 0 Å². The molecule has 0 aliphatic heterocycles. The van der Waals surface area contributed by atoms with Gasteiger partial charge in [0.15, 0.2) is 0 Å². The number of nitrogens with zero attached hydrogens (tertiary/aromatic N) is 2. The molecule has 120 valence electrons. The molecule has 1 saturated carbocycles. The van der Waals surface area contributed by atoms with Crippen LogP contribution in [0, 0.1) is 0 Å². The molecular weight excluding hydrogens is 298 g/mol. The van der Waals surface area contributed by atoms with Crippen molar-refractivity contribution in [3.63, 3.8) is 0 Å². The number of benzene rings is 1. The lowest BCUT2D eigenvalue weighted by molar-refractivity contribution is 0.340. The summed E-state index contributed by atoms with van der Waals surface area (Å²) in [5.74, 6) is 0.926. The first-order valence-corrected chi connectivity index (χ1v) is 7.85. The molecule has 0 spiro atoms. The first-order valence-electron chi connectivity index (χ1n) is 7.85. The third kappa shape index (κ3) is 4.17. The van der Waals surface area contributed by atoms with E-state index in [1.54, 1.807) is 0 Å². The van der Waals surface area contributed by atoms with Gasteiger partial charge in [-0.2, -0.15) is 5.10 Å². The molecule has 0 bridgehead atoms. The van der Waals surface area contributed by atoms with Gasteiger partial charge in [0.25, 0.3) is 0 Å². The summed E-state index contributed by atoms with van der Waals surface area (Å²) in [4.78, 5) is 0. The van der Waals surface area contributed by atoms with Crippen molar-refractivity contribution in [2.45, 2.75) is 45.2 Å². The van der Waals surface area contributed by atoms with E-state index in [4.69, 9.17) is 4.74 Å². The van der Waals surface area contributed by atoms with Crippen molar-refractivity contribution < 1.29 is 4.74 Å². The van der Waals surface area contributed by atoms with Crippen LogP contribution in [0.15, 0.2) is 36.7 Å². The highest BCUT2D eigenvalue weighted by molar-refractivity contribution is 5.85. The lowest BCUT2D eigenvalue weighted by Crippen LogP contribution is -2.04. The van der Waals surface area contributed by atoms with Crippen LogP contribution in [0.1, 0.15) is 44.2 Å². The van der Waals surface area contributed by atoms with E-state index in [2.05, 4.69) is 33.4 Å². The average molecular weight is 322 g/mol. The van der Waals surface area contributed by atoms with Gasteiger partial charge in [-0.15, -0.1) is 12.4 Å². The Morgan fingerprint density at radius 3 is 2.64 bits per heavy atom. The smallest absolute Gasteiger partial charge is 0.119 e. The molecule has 2 aromatic rings. The fourth-order valence-electron chi connectivity index (χ4n) is 2.87. The molecule has 0 unspecified atom stereocenters. The van der Waals surface area contributed by atoms with Gasteiger partial charge in [0.1, 0.15) is 5.75 Å². The van der Waals surface area contributed by atoms with Gasteiger partial charge in [-0.3, -0.25) is 4.68 Å². The van der Waals surface area contributed by atoms with E-state index in [1.165, 1.54) is 31.2 Å². The van der Waals surface area contributed by atoms with Crippen molar-refractivity contribution in [3.05, 3.63) is 42.2 Å². The van der Waals surface area contributed by atoms with Crippen LogP contribution in [0.2, 0.25) is 0 Å². The Bertz CT molecular complexity index is 562. The van der Waals surface area contributed by atoms with Crippen molar-refractivity contribution in [2.75, 3.05) is 11.9 Å². The molecule has 4 nitrogen and oxygen atoms in total. The molecule has 5 heteroatoms. The summed E-state index contributed by atoms with van der Waals surface area (Å²) in [6, 6.07) is 8.83. The fraction of sp³-hybridized carbons (Fsp3) is 0.471. The Kier molecular flexibility index (Phi) is 6.13. The first kappa shape index (κ1) is 16.7. The number of anilines is 1. The molecule has 0 amide bonds. The minimum atomic E-state index is 0. The Morgan fingerprint density at radius 1 is 1.23 bits per heavy atom. The van der Waals surface area contributed by atoms with E-state index in [0.717, 1.165) is 18.0 Å². The van der Waals surface area contributed by atoms with Crippen molar-refractivity contribution in [2.24, 2.45) is 0 Å². The maximum Gasteiger partial charge on any atom is 0.119 e. The third-order valence-corrected chi connectivity index (χ3v) is 4.03.